The lowest BCUT2D eigenvalue weighted by molar-refractivity contribution is 0.898. The predicted molar refractivity (Wildman–Crippen MR) is 136 cm³/mol. The van der Waals surface area contributed by atoms with Crippen molar-refractivity contribution in [2.75, 3.05) is 5.32 Å². The summed E-state index contributed by atoms with van der Waals surface area (Å²) in [5, 5.41) is 13.3. The number of nitrogens with zero attached hydrogens (tertiary/aromatic N) is 4. The molecular formula is C27H23N7. The molecule has 0 aliphatic rings. The minimum Gasteiger partial charge on any atom is -0.382 e. The molecule has 0 unspecified atom stereocenters. The monoisotopic (exact) mass is 445 g/mol. The Balaban J connectivity index is 1.45. The molecule has 6 rings (SSSR count). The van der Waals surface area contributed by atoms with E-state index in [0.29, 0.717) is 6.04 Å². The Hall–Kier alpha value is -4.52. The zero-order valence-electron chi connectivity index (χ0n) is 18.9. The minimum absolute atomic E-state index is 0.340. The van der Waals surface area contributed by atoms with Gasteiger partial charge in [0, 0.05) is 52.7 Å². The number of H-pyrrole nitrogens is 2. The number of hydrogen-bond donors (Lipinski definition) is 3. The number of aromatic amines is 2. The zero-order chi connectivity index (χ0) is 23.1. The van der Waals surface area contributed by atoms with Gasteiger partial charge in [0.25, 0.3) is 0 Å². The Labute approximate surface area is 196 Å². The van der Waals surface area contributed by atoms with Crippen LogP contribution in [0.3, 0.4) is 0 Å². The summed E-state index contributed by atoms with van der Waals surface area (Å²) in [6.45, 7) is 4.23. The van der Waals surface area contributed by atoms with E-state index in [0.717, 1.165) is 61.4 Å². The lowest BCUT2D eigenvalue weighted by Gasteiger charge is -2.11. The van der Waals surface area contributed by atoms with Crippen molar-refractivity contribution in [1.82, 2.24) is 30.1 Å². The van der Waals surface area contributed by atoms with Gasteiger partial charge in [-0.15, -0.1) is 0 Å². The lowest BCUT2D eigenvalue weighted by Crippen LogP contribution is -2.09. The third-order valence-corrected chi connectivity index (χ3v) is 5.80. The molecule has 3 N–H and O–H groups in total. The molecule has 34 heavy (non-hydrogen) atoms. The molecule has 0 saturated carbocycles. The fourth-order valence-electron chi connectivity index (χ4n) is 4.30. The Bertz CT molecular complexity index is 1610. The molecule has 0 saturated heterocycles. The molecule has 0 spiro atoms. The second kappa shape index (κ2) is 8.12. The molecule has 7 nitrogen and oxygen atoms in total. The van der Waals surface area contributed by atoms with Crippen LogP contribution < -0.4 is 5.32 Å². The fraction of sp³-hybridized carbons (Fsp3) is 0.111. The summed E-state index contributed by atoms with van der Waals surface area (Å²) in [6, 6.07) is 18.7. The van der Waals surface area contributed by atoms with E-state index in [1.807, 2.05) is 36.7 Å². The van der Waals surface area contributed by atoms with Crippen molar-refractivity contribution in [3.8, 4) is 33.9 Å². The minimum atomic E-state index is 0.340. The van der Waals surface area contributed by atoms with Crippen molar-refractivity contribution in [2.45, 2.75) is 19.9 Å². The van der Waals surface area contributed by atoms with Gasteiger partial charge in [0.2, 0.25) is 0 Å². The highest BCUT2D eigenvalue weighted by atomic mass is 15.1. The molecule has 0 bridgehead atoms. The molecule has 0 atom stereocenters. The van der Waals surface area contributed by atoms with Crippen LogP contribution in [0.1, 0.15) is 13.8 Å². The first kappa shape index (κ1) is 20.1. The van der Waals surface area contributed by atoms with E-state index in [9.17, 15) is 0 Å². The van der Waals surface area contributed by atoms with Gasteiger partial charge in [0.1, 0.15) is 5.69 Å². The van der Waals surface area contributed by atoms with Gasteiger partial charge in [0.15, 0.2) is 0 Å². The van der Waals surface area contributed by atoms with Crippen LogP contribution in [0.4, 0.5) is 5.69 Å². The molecule has 0 amide bonds. The van der Waals surface area contributed by atoms with Gasteiger partial charge in [-0.1, -0.05) is 12.1 Å². The van der Waals surface area contributed by atoms with Crippen LogP contribution in [0.2, 0.25) is 0 Å². The Morgan fingerprint density at radius 2 is 1.71 bits per heavy atom. The Kier molecular flexibility index (Phi) is 4.80. The van der Waals surface area contributed by atoms with E-state index in [1.165, 1.54) is 0 Å². The average Bonchev–Trinajstić information content (AvgIpc) is 3.48. The van der Waals surface area contributed by atoms with Crippen molar-refractivity contribution >= 4 is 27.5 Å². The third-order valence-electron chi connectivity index (χ3n) is 5.80. The van der Waals surface area contributed by atoms with Crippen molar-refractivity contribution in [1.29, 1.82) is 0 Å². The van der Waals surface area contributed by atoms with Gasteiger partial charge in [-0.3, -0.25) is 20.1 Å². The molecule has 6 aromatic rings. The third kappa shape index (κ3) is 3.57. The number of pyridine rings is 3. The van der Waals surface area contributed by atoms with E-state index in [4.69, 9.17) is 0 Å². The van der Waals surface area contributed by atoms with Gasteiger partial charge < -0.3 is 10.3 Å². The van der Waals surface area contributed by atoms with Gasteiger partial charge in [-0.2, -0.15) is 5.10 Å². The highest BCUT2D eigenvalue weighted by molar-refractivity contribution is 6.00. The summed E-state index contributed by atoms with van der Waals surface area (Å²) in [5.74, 6) is 0. The number of hydrogen-bond acceptors (Lipinski definition) is 5. The quantitative estimate of drug-likeness (QED) is 0.300. The topological polar surface area (TPSA) is 95.2 Å². The molecule has 5 heterocycles. The molecule has 1 aromatic carbocycles. The van der Waals surface area contributed by atoms with Crippen molar-refractivity contribution in [3.05, 3.63) is 79.4 Å². The molecule has 0 aliphatic heterocycles. The number of fused-ring (bicyclic) bond motifs is 2. The van der Waals surface area contributed by atoms with Crippen LogP contribution in [0, 0.1) is 0 Å². The summed E-state index contributed by atoms with van der Waals surface area (Å²) in [6.07, 6.45) is 7.33. The Morgan fingerprint density at radius 1 is 0.794 bits per heavy atom. The van der Waals surface area contributed by atoms with E-state index in [2.05, 4.69) is 79.6 Å². The van der Waals surface area contributed by atoms with E-state index < -0.39 is 0 Å². The van der Waals surface area contributed by atoms with Crippen molar-refractivity contribution in [2.24, 2.45) is 0 Å². The molecule has 0 fully saturated rings. The van der Waals surface area contributed by atoms with Crippen LogP contribution in [0.25, 0.3) is 55.7 Å². The second-order valence-electron chi connectivity index (χ2n) is 8.61. The molecule has 7 heteroatoms. The zero-order valence-corrected chi connectivity index (χ0v) is 18.9. The smallest absolute Gasteiger partial charge is 0.116 e. The van der Waals surface area contributed by atoms with Crippen LogP contribution >= 0.6 is 0 Å². The summed E-state index contributed by atoms with van der Waals surface area (Å²) >= 11 is 0. The van der Waals surface area contributed by atoms with Gasteiger partial charge in [-0.25, -0.2) is 0 Å². The molecule has 5 aromatic heterocycles. The summed E-state index contributed by atoms with van der Waals surface area (Å²) in [5.41, 5.74) is 8.60. The maximum Gasteiger partial charge on any atom is 0.116 e. The van der Waals surface area contributed by atoms with E-state index in [1.54, 1.807) is 12.4 Å². The van der Waals surface area contributed by atoms with Crippen LogP contribution in [-0.4, -0.2) is 36.2 Å². The summed E-state index contributed by atoms with van der Waals surface area (Å²) in [4.78, 5) is 17.0. The predicted octanol–water partition coefficient (Wildman–Crippen LogP) is 6.05. The molecule has 0 radical (unpaired) electrons. The normalized spacial score (nSPS) is 11.5. The van der Waals surface area contributed by atoms with Crippen molar-refractivity contribution < 1.29 is 0 Å². The van der Waals surface area contributed by atoms with Gasteiger partial charge in [-0.05, 0) is 61.9 Å². The number of anilines is 1. The summed E-state index contributed by atoms with van der Waals surface area (Å²) in [7, 11) is 0. The first-order valence-corrected chi connectivity index (χ1v) is 11.3. The highest BCUT2D eigenvalue weighted by Crippen LogP contribution is 2.34. The largest absolute Gasteiger partial charge is 0.382 e. The maximum absolute atomic E-state index is 4.63. The van der Waals surface area contributed by atoms with Crippen LogP contribution in [0.15, 0.2) is 79.4 Å². The lowest BCUT2D eigenvalue weighted by atomic mass is 10.0. The van der Waals surface area contributed by atoms with Gasteiger partial charge >= 0.3 is 0 Å². The standard InChI is InChI=1S/C27H23N7/c1-16(2)31-19-11-18(14-28-15-19)17-6-7-23-20(12-17)27(34-33-23)25-13-21-22(32-25)8-10-30-26(21)24-5-3-4-9-29-24/h3-16,31-32H,1-2H3,(H,33,34). The molecule has 166 valence electrons. The number of aromatic nitrogens is 6. The number of benzene rings is 1. The molecular weight excluding hydrogens is 422 g/mol. The number of nitrogens with one attached hydrogen (secondary N) is 3. The van der Waals surface area contributed by atoms with Crippen LogP contribution in [0.5, 0.6) is 0 Å². The van der Waals surface area contributed by atoms with Crippen molar-refractivity contribution in [3.63, 3.8) is 0 Å². The first-order valence-electron chi connectivity index (χ1n) is 11.3. The Morgan fingerprint density at radius 3 is 2.56 bits per heavy atom. The van der Waals surface area contributed by atoms with E-state index in [-0.39, 0.29) is 0 Å². The highest BCUT2D eigenvalue weighted by Gasteiger charge is 2.15. The number of rotatable bonds is 5. The summed E-state index contributed by atoms with van der Waals surface area (Å²) < 4.78 is 0. The van der Waals surface area contributed by atoms with Crippen LogP contribution in [-0.2, 0) is 0 Å². The fourth-order valence-corrected chi connectivity index (χ4v) is 4.30. The maximum atomic E-state index is 4.63. The molecule has 0 aliphatic carbocycles. The van der Waals surface area contributed by atoms with Gasteiger partial charge in [0.05, 0.1) is 28.3 Å². The first-order chi connectivity index (χ1) is 16.7. The van der Waals surface area contributed by atoms with E-state index >= 15 is 0 Å². The second-order valence-corrected chi connectivity index (χ2v) is 8.61. The average molecular weight is 446 g/mol. The SMILES string of the molecule is CC(C)Nc1cncc(-c2ccc3[nH]nc(-c4cc5c(-c6ccccn6)nccc5[nH]4)c3c2)c1.